The molecule has 0 nitrogen and oxygen atoms in total. The Morgan fingerprint density at radius 2 is 1.86 bits per heavy atom. The van der Waals surface area contributed by atoms with Gasteiger partial charge in [0.25, 0.3) is 0 Å². The molecule has 0 aliphatic carbocycles. The summed E-state index contributed by atoms with van der Waals surface area (Å²) in [5.41, 5.74) is 3.00. The van der Waals surface area contributed by atoms with Gasteiger partial charge in [-0.1, -0.05) is 56.7 Å². The van der Waals surface area contributed by atoms with Crippen LogP contribution in [0, 0.1) is 5.41 Å². The maximum atomic E-state index is 3.88. The molecule has 0 bridgehead atoms. The van der Waals surface area contributed by atoms with Crippen LogP contribution in [-0.2, 0) is 0 Å². The first kappa shape index (κ1) is 13.2. The molecule has 0 rings (SSSR count). The van der Waals surface area contributed by atoms with Crippen molar-refractivity contribution in [3.8, 4) is 0 Å². The summed E-state index contributed by atoms with van der Waals surface area (Å²) in [6.07, 6.45) is 8.74. The Bertz CT molecular complexity index is 233. The van der Waals surface area contributed by atoms with E-state index in [0.717, 1.165) is 12.8 Å². The molecular weight excluding hydrogens is 168 g/mol. The van der Waals surface area contributed by atoms with Gasteiger partial charge < -0.3 is 0 Å². The summed E-state index contributed by atoms with van der Waals surface area (Å²) >= 11 is 0. The summed E-state index contributed by atoms with van der Waals surface area (Å²) in [5, 5.41) is 0. The fourth-order valence-corrected chi connectivity index (χ4v) is 1.28. The maximum absolute atomic E-state index is 3.88. The minimum atomic E-state index is 0.370. The predicted molar refractivity (Wildman–Crippen MR) is 66.4 cm³/mol. The van der Waals surface area contributed by atoms with Crippen molar-refractivity contribution in [2.75, 3.05) is 0 Å². The average Bonchev–Trinajstić information content (AvgIpc) is 1.99. The maximum Gasteiger partial charge on any atom is -0.0141 e. The van der Waals surface area contributed by atoms with Gasteiger partial charge in [-0.05, 0) is 32.1 Å². The SMILES string of the molecule is C=C(C)CC=C/C(=C\C)CC(C)(C)C. The van der Waals surface area contributed by atoms with Gasteiger partial charge in [0.15, 0.2) is 0 Å². The zero-order valence-corrected chi connectivity index (χ0v) is 10.4. The number of hydrogen-bond acceptors (Lipinski definition) is 0. The van der Waals surface area contributed by atoms with E-state index >= 15 is 0 Å². The molecule has 0 saturated heterocycles. The first-order chi connectivity index (χ1) is 6.35. The second kappa shape index (κ2) is 5.85. The lowest BCUT2D eigenvalue weighted by Crippen LogP contribution is -2.05. The summed E-state index contributed by atoms with van der Waals surface area (Å²) in [7, 11) is 0. The van der Waals surface area contributed by atoms with E-state index in [1.165, 1.54) is 11.1 Å². The van der Waals surface area contributed by atoms with Crippen molar-refractivity contribution in [3.63, 3.8) is 0 Å². The lowest BCUT2D eigenvalue weighted by atomic mass is 9.87. The highest BCUT2D eigenvalue weighted by Gasteiger charge is 2.10. The van der Waals surface area contributed by atoms with E-state index in [1.807, 2.05) is 0 Å². The Morgan fingerprint density at radius 1 is 1.29 bits per heavy atom. The Labute approximate surface area is 89.4 Å². The minimum Gasteiger partial charge on any atom is -0.0998 e. The van der Waals surface area contributed by atoms with Crippen molar-refractivity contribution in [2.24, 2.45) is 5.41 Å². The average molecular weight is 192 g/mol. The number of rotatable bonds is 4. The summed E-state index contributed by atoms with van der Waals surface area (Å²) < 4.78 is 0. The van der Waals surface area contributed by atoms with Crippen molar-refractivity contribution < 1.29 is 0 Å². The first-order valence-corrected chi connectivity index (χ1v) is 5.31. The van der Waals surface area contributed by atoms with Gasteiger partial charge in [-0.25, -0.2) is 0 Å². The molecule has 0 fully saturated rings. The molecule has 0 saturated carbocycles. The van der Waals surface area contributed by atoms with E-state index in [-0.39, 0.29) is 0 Å². The third kappa shape index (κ3) is 7.85. The first-order valence-electron chi connectivity index (χ1n) is 5.31. The highest BCUT2D eigenvalue weighted by atomic mass is 14.2. The highest BCUT2D eigenvalue weighted by molar-refractivity contribution is 5.20. The summed E-state index contributed by atoms with van der Waals surface area (Å²) in [4.78, 5) is 0. The monoisotopic (exact) mass is 192 g/mol. The molecule has 0 spiro atoms. The van der Waals surface area contributed by atoms with Gasteiger partial charge in [-0.15, -0.1) is 0 Å². The van der Waals surface area contributed by atoms with Crippen LogP contribution >= 0.6 is 0 Å². The second-order valence-corrected chi connectivity index (χ2v) is 5.16. The smallest absolute Gasteiger partial charge is 0.0141 e. The van der Waals surface area contributed by atoms with Gasteiger partial charge in [0.05, 0.1) is 0 Å². The van der Waals surface area contributed by atoms with E-state index in [1.54, 1.807) is 0 Å². The summed E-state index contributed by atoms with van der Waals surface area (Å²) in [6, 6.07) is 0. The van der Waals surface area contributed by atoms with E-state index < -0.39 is 0 Å². The molecule has 0 N–H and O–H groups in total. The Balaban J connectivity index is 4.19. The van der Waals surface area contributed by atoms with Gasteiger partial charge in [0, 0.05) is 0 Å². The molecule has 0 heterocycles. The van der Waals surface area contributed by atoms with Crippen LogP contribution in [0.2, 0.25) is 0 Å². The Hall–Kier alpha value is -0.780. The van der Waals surface area contributed by atoms with Crippen molar-refractivity contribution in [2.45, 2.75) is 47.5 Å². The number of hydrogen-bond donors (Lipinski definition) is 0. The molecule has 0 aromatic carbocycles. The predicted octanol–water partition coefficient (Wildman–Crippen LogP) is 4.89. The topological polar surface area (TPSA) is 0 Å². The minimum absolute atomic E-state index is 0.370. The molecule has 0 heteroatoms. The largest absolute Gasteiger partial charge is 0.0998 e. The van der Waals surface area contributed by atoms with Crippen LogP contribution in [0.1, 0.15) is 47.5 Å². The van der Waals surface area contributed by atoms with Crippen LogP contribution in [0.15, 0.2) is 36.0 Å². The quantitative estimate of drug-likeness (QED) is 0.439. The van der Waals surface area contributed by atoms with Gasteiger partial charge in [-0.3, -0.25) is 0 Å². The summed E-state index contributed by atoms with van der Waals surface area (Å²) in [6.45, 7) is 14.8. The molecule has 0 atom stereocenters. The fraction of sp³-hybridized carbons (Fsp3) is 0.571. The standard InChI is InChI=1S/C14H24/c1-7-13(11-14(4,5)6)10-8-9-12(2)3/h7-8,10H,2,9,11H2,1,3-6H3/b10-8?,13-7+. The van der Waals surface area contributed by atoms with Crippen molar-refractivity contribution in [1.82, 2.24) is 0 Å². The zero-order valence-electron chi connectivity index (χ0n) is 10.4. The highest BCUT2D eigenvalue weighted by Crippen LogP contribution is 2.24. The van der Waals surface area contributed by atoms with Gasteiger partial charge in [-0.2, -0.15) is 0 Å². The van der Waals surface area contributed by atoms with Crippen molar-refractivity contribution in [1.29, 1.82) is 0 Å². The second-order valence-electron chi connectivity index (χ2n) is 5.16. The molecular formula is C14H24. The molecule has 0 aliphatic heterocycles. The zero-order chi connectivity index (χ0) is 11.2. The third-order valence-corrected chi connectivity index (χ3v) is 1.90. The van der Waals surface area contributed by atoms with Crippen LogP contribution in [0.4, 0.5) is 0 Å². The Morgan fingerprint density at radius 3 is 2.21 bits per heavy atom. The molecule has 0 radical (unpaired) electrons. The molecule has 80 valence electrons. The van der Waals surface area contributed by atoms with Crippen LogP contribution in [-0.4, -0.2) is 0 Å². The fourth-order valence-electron chi connectivity index (χ4n) is 1.28. The molecule has 0 aromatic rings. The van der Waals surface area contributed by atoms with E-state index in [0.29, 0.717) is 5.41 Å². The Kier molecular flexibility index (Phi) is 5.52. The lowest BCUT2D eigenvalue weighted by molar-refractivity contribution is 0.413. The van der Waals surface area contributed by atoms with Crippen molar-refractivity contribution >= 4 is 0 Å². The van der Waals surface area contributed by atoms with E-state index in [4.69, 9.17) is 0 Å². The van der Waals surface area contributed by atoms with Crippen LogP contribution in [0.3, 0.4) is 0 Å². The normalized spacial score (nSPS) is 13.6. The summed E-state index contributed by atoms with van der Waals surface area (Å²) in [5.74, 6) is 0. The molecule has 14 heavy (non-hydrogen) atoms. The molecule has 0 aliphatic rings. The van der Waals surface area contributed by atoms with Gasteiger partial charge in [0.2, 0.25) is 0 Å². The van der Waals surface area contributed by atoms with Crippen LogP contribution in [0.25, 0.3) is 0 Å². The molecule has 0 amide bonds. The van der Waals surface area contributed by atoms with Gasteiger partial charge >= 0.3 is 0 Å². The number of allylic oxidation sites excluding steroid dienone is 5. The van der Waals surface area contributed by atoms with Gasteiger partial charge in [0.1, 0.15) is 0 Å². The third-order valence-electron chi connectivity index (χ3n) is 1.90. The van der Waals surface area contributed by atoms with Crippen LogP contribution < -0.4 is 0 Å². The van der Waals surface area contributed by atoms with E-state index in [2.05, 4.69) is 59.4 Å². The lowest BCUT2D eigenvalue weighted by Gasteiger charge is -2.18. The van der Waals surface area contributed by atoms with E-state index in [9.17, 15) is 0 Å². The molecule has 0 unspecified atom stereocenters. The molecule has 0 aromatic heterocycles. The van der Waals surface area contributed by atoms with Crippen LogP contribution in [0.5, 0.6) is 0 Å². The van der Waals surface area contributed by atoms with Crippen molar-refractivity contribution in [3.05, 3.63) is 36.0 Å².